The molecule has 2 N–H and O–H groups in total. The predicted octanol–water partition coefficient (Wildman–Crippen LogP) is 1.79. The lowest BCUT2D eigenvalue weighted by atomic mass is 9.80. The Morgan fingerprint density at radius 1 is 1.38 bits per heavy atom. The lowest BCUT2D eigenvalue weighted by molar-refractivity contribution is -0.384. The fourth-order valence-corrected chi connectivity index (χ4v) is 2.77. The number of halogens is 1. The number of carboxylic acids is 1. The van der Waals surface area contributed by atoms with Crippen LogP contribution in [-0.4, -0.2) is 41.7 Å². The van der Waals surface area contributed by atoms with Gasteiger partial charge in [0.25, 0.3) is 5.69 Å². The zero-order valence-electron chi connectivity index (χ0n) is 12.8. The first kappa shape index (κ1) is 18.2. The van der Waals surface area contributed by atoms with Crippen LogP contribution in [0.5, 0.6) is 0 Å². The first-order chi connectivity index (χ1) is 11.3. The average Bonchev–Trinajstić information content (AvgIpc) is 2.55. The van der Waals surface area contributed by atoms with Gasteiger partial charge in [-0.3, -0.25) is 19.7 Å². The zero-order chi connectivity index (χ0) is 17.7. The summed E-state index contributed by atoms with van der Waals surface area (Å²) < 4.78 is 5.18. The molecule has 0 bridgehead atoms. The molecule has 1 aromatic rings. The largest absolute Gasteiger partial charge is 0.481 e. The highest BCUT2D eigenvalue weighted by molar-refractivity contribution is 6.31. The molecule has 1 amide bonds. The van der Waals surface area contributed by atoms with Crippen LogP contribution in [0.4, 0.5) is 5.69 Å². The first-order valence-electron chi connectivity index (χ1n) is 7.35. The third kappa shape index (κ3) is 4.21. The second-order valence-electron chi connectivity index (χ2n) is 5.68. The Morgan fingerprint density at radius 3 is 2.58 bits per heavy atom. The predicted molar refractivity (Wildman–Crippen MR) is 84.9 cm³/mol. The van der Waals surface area contributed by atoms with E-state index in [1.165, 1.54) is 18.2 Å². The summed E-state index contributed by atoms with van der Waals surface area (Å²) >= 11 is 5.95. The van der Waals surface area contributed by atoms with E-state index < -0.39 is 22.2 Å². The normalized spacial score (nSPS) is 16.4. The number of carboxylic acid groups (broad SMARTS) is 1. The minimum atomic E-state index is -1.02. The molecule has 130 valence electrons. The highest BCUT2D eigenvalue weighted by atomic mass is 35.5. The number of rotatable bonds is 6. The van der Waals surface area contributed by atoms with Crippen molar-refractivity contribution in [3.05, 3.63) is 38.9 Å². The van der Waals surface area contributed by atoms with E-state index in [-0.39, 0.29) is 23.7 Å². The van der Waals surface area contributed by atoms with Gasteiger partial charge >= 0.3 is 5.97 Å². The summed E-state index contributed by atoms with van der Waals surface area (Å²) in [6.07, 6.45) is 0.588. The number of amides is 1. The summed E-state index contributed by atoms with van der Waals surface area (Å²) in [5.74, 6) is -1.35. The lowest BCUT2D eigenvalue weighted by Crippen LogP contribution is -2.46. The highest BCUT2D eigenvalue weighted by Gasteiger charge is 2.40. The number of nitrogens with one attached hydrogen (secondary N) is 1. The standard InChI is InChI=1S/C15H17ClN2O6/c16-12-8-11(18(22)23)2-1-10(12)7-13(19)17-9-15(14(20)21)3-5-24-6-4-15/h1-2,8H,3-7,9H2,(H,17,19)(H,20,21). The minimum Gasteiger partial charge on any atom is -0.481 e. The lowest BCUT2D eigenvalue weighted by Gasteiger charge is -2.33. The van der Waals surface area contributed by atoms with Gasteiger partial charge in [0.2, 0.25) is 5.91 Å². The molecule has 1 heterocycles. The van der Waals surface area contributed by atoms with Gasteiger partial charge in [0.05, 0.1) is 21.8 Å². The molecule has 0 radical (unpaired) electrons. The molecule has 0 spiro atoms. The molecule has 2 rings (SSSR count). The van der Waals surface area contributed by atoms with Gasteiger partial charge in [0.15, 0.2) is 0 Å². The van der Waals surface area contributed by atoms with Gasteiger partial charge in [-0.05, 0) is 18.4 Å². The Kier molecular flexibility index (Phi) is 5.74. The molecule has 1 aliphatic heterocycles. The SMILES string of the molecule is O=C(Cc1ccc([N+](=O)[O-])cc1Cl)NCC1(C(=O)O)CCOCC1. The summed E-state index contributed by atoms with van der Waals surface area (Å²) in [6.45, 7) is 0.696. The van der Waals surface area contributed by atoms with Crippen LogP contribution >= 0.6 is 11.6 Å². The molecular formula is C15H17ClN2O6. The van der Waals surface area contributed by atoms with Gasteiger partial charge in [-0.25, -0.2) is 0 Å². The maximum atomic E-state index is 12.1. The molecule has 0 atom stereocenters. The molecule has 0 aromatic heterocycles. The van der Waals surface area contributed by atoms with E-state index in [0.29, 0.717) is 31.6 Å². The van der Waals surface area contributed by atoms with Crippen LogP contribution in [0.1, 0.15) is 18.4 Å². The molecule has 0 saturated carbocycles. The van der Waals surface area contributed by atoms with E-state index in [4.69, 9.17) is 16.3 Å². The van der Waals surface area contributed by atoms with Crippen molar-refractivity contribution in [2.24, 2.45) is 5.41 Å². The molecule has 24 heavy (non-hydrogen) atoms. The monoisotopic (exact) mass is 356 g/mol. The Labute approximate surface area is 142 Å². The summed E-state index contributed by atoms with van der Waals surface area (Å²) in [7, 11) is 0. The second-order valence-corrected chi connectivity index (χ2v) is 6.09. The molecule has 0 aliphatic carbocycles. The average molecular weight is 357 g/mol. The van der Waals surface area contributed by atoms with Crippen molar-refractivity contribution in [1.29, 1.82) is 0 Å². The molecule has 0 unspecified atom stereocenters. The van der Waals surface area contributed by atoms with Crippen molar-refractivity contribution >= 4 is 29.2 Å². The number of nitrogens with zero attached hydrogens (tertiary/aromatic N) is 1. The number of non-ortho nitro benzene ring substituents is 1. The first-order valence-corrected chi connectivity index (χ1v) is 7.72. The third-order valence-corrected chi connectivity index (χ3v) is 4.48. The number of aliphatic carboxylic acids is 1. The molecule has 1 aromatic carbocycles. The van der Waals surface area contributed by atoms with Crippen LogP contribution in [0.25, 0.3) is 0 Å². The third-order valence-electron chi connectivity index (χ3n) is 4.13. The number of nitro groups is 1. The van der Waals surface area contributed by atoms with E-state index in [0.717, 1.165) is 0 Å². The number of hydrogen-bond donors (Lipinski definition) is 2. The van der Waals surface area contributed by atoms with E-state index in [2.05, 4.69) is 5.32 Å². The molecule has 1 saturated heterocycles. The van der Waals surface area contributed by atoms with E-state index in [1.54, 1.807) is 0 Å². The number of benzene rings is 1. The Balaban J connectivity index is 1.98. The van der Waals surface area contributed by atoms with Crippen LogP contribution < -0.4 is 5.32 Å². The van der Waals surface area contributed by atoms with Crippen LogP contribution in [0.2, 0.25) is 5.02 Å². The summed E-state index contributed by atoms with van der Waals surface area (Å²) in [5, 5.41) is 22.8. The Bertz CT molecular complexity index is 657. The molecule has 1 aliphatic rings. The summed E-state index contributed by atoms with van der Waals surface area (Å²) in [6, 6.07) is 3.87. The van der Waals surface area contributed by atoms with Gasteiger partial charge in [0, 0.05) is 31.9 Å². The second kappa shape index (κ2) is 7.59. The number of ether oxygens (including phenoxy) is 1. The molecule has 8 nitrogen and oxygen atoms in total. The summed E-state index contributed by atoms with van der Waals surface area (Å²) in [4.78, 5) is 33.7. The topological polar surface area (TPSA) is 119 Å². The van der Waals surface area contributed by atoms with E-state index in [1.807, 2.05) is 0 Å². The van der Waals surface area contributed by atoms with Crippen LogP contribution in [-0.2, 0) is 20.7 Å². The van der Waals surface area contributed by atoms with Gasteiger partial charge in [-0.2, -0.15) is 0 Å². The van der Waals surface area contributed by atoms with Crippen molar-refractivity contribution < 1.29 is 24.4 Å². The maximum absolute atomic E-state index is 12.1. The van der Waals surface area contributed by atoms with Crippen molar-refractivity contribution in [2.45, 2.75) is 19.3 Å². The van der Waals surface area contributed by atoms with Gasteiger partial charge < -0.3 is 15.2 Å². The fourth-order valence-electron chi connectivity index (χ4n) is 2.52. The molecule has 1 fully saturated rings. The van der Waals surface area contributed by atoms with Crippen molar-refractivity contribution in [3.63, 3.8) is 0 Å². The van der Waals surface area contributed by atoms with Crippen LogP contribution in [0.15, 0.2) is 18.2 Å². The fraction of sp³-hybridized carbons (Fsp3) is 0.467. The summed E-state index contributed by atoms with van der Waals surface area (Å²) in [5.41, 5.74) is -0.736. The smallest absolute Gasteiger partial charge is 0.311 e. The maximum Gasteiger partial charge on any atom is 0.311 e. The van der Waals surface area contributed by atoms with E-state index in [9.17, 15) is 24.8 Å². The molecular weight excluding hydrogens is 340 g/mol. The number of nitro benzene ring substituents is 1. The van der Waals surface area contributed by atoms with Crippen molar-refractivity contribution in [3.8, 4) is 0 Å². The van der Waals surface area contributed by atoms with Crippen molar-refractivity contribution in [1.82, 2.24) is 5.32 Å². The van der Waals surface area contributed by atoms with Gasteiger partial charge in [0.1, 0.15) is 0 Å². The van der Waals surface area contributed by atoms with Gasteiger partial charge in [-0.15, -0.1) is 0 Å². The number of carbonyl (C=O) groups is 2. The van der Waals surface area contributed by atoms with Crippen LogP contribution in [0, 0.1) is 15.5 Å². The zero-order valence-corrected chi connectivity index (χ0v) is 13.5. The Morgan fingerprint density at radius 2 is 2.04 bits per heavy atom. The minimum absolute atomic E-state index is 0.00905. The van der Waals surface area contributed by atoms with Gasteiger partial charge in [-0.1, -0.05) is 17.7 Å². The Hall–Kier alpha value is -2.19. The van der Waals surface area contributed by atoms with Crippen LogP contribution in [0.3, 0.4) is 0 Å². The highest BCUT2D eigenvalue weighted by Crippen LogP contribution is 2.30. The van der Waals surface area contributed by atoms with Crippen molar-refractivity contribution in [2.75, 3.05) is 19.8 Å². The molecule has 9 heteroatoms. The number of carbonyl (C=O) groups excluding carboxylic acids is 1. The quantitative estimate of drug-likeness (QED) is 0.592. The van der Waals surface area contributed by atoms with E-state index >= 15 is 0 Å². The number of hydrogen-bond acceptors (Lipinski definition) is 5.